The summed E-state index contributed by atoms with van der Waals surface area (Å²) < 4.78 is 35.1. The maximum absolute atomic E-state index is 14.6. The number of hydrogen-bond acceptors (Lipinski definition) is 11. The van der Waals surface area contributed by atoms with Crippen molar-refractivity contribution in [3.63, 3.8) is 0 Å². The van der Waals surface area contributed by atoms with Crippen molar-refractivity contribution < 1.29 is 53.0 Å². The smallest absolute Gasteiger partial charge is 0.289 e. The van der Waals surface area contributed by atoms with Crippen LogP contribution in [0.2, 0.25) is 0 Å². The van der Waals surface area contributed by atoms with Gasteiger partial charge >= 0.3 is 0 Å². The van der Waals surface area contributed by atoms with E-state index >= 15 is 0 Å². The van der Waals surface area contributed by atoms with E-state index in [1.807, 2.05) is 28.7 Å². The first kappa shape index (κ1) is 37.7. The van der Waals surface area contributed by atoms with Gasteiger partial charge < -0.3 is 53.6 Å². The number of carbonyl (C=O) groups is 2. The van der Waals surface area contributed by atoms with Gasteiger partial charge in [0.2, 0.25) is 5.91 Å². The average molecular weight is 817 g/mol. The molecule has 272 valence electrons. The predicted octanol–water partition coefficient (Wildman–Crippen LogP) is 3.86. The number of furan rings is 1. The fourth-order valence-corrected chi connectivity index (χ4v) is 6.87. The summed E-state index contributed by atoms with van der Waals surface area (Å²) in [6.07, 6.45) is -0.705. The highest BCUT2D eigenvalue weighted by molar-refractivity contribution is 14.1. The Hall–Kier alpha value is -4.51. The molecule has 0 bridgehead atoms. The monoisotopic (exact) mass is 816 g/mol. The predicted molar refractivity (Wildman–Crippen MR) is 196 cm³/mol. The molecule has 1 aliphatic rings. The number of benzene rings is 3. The molecule has 0 saturated carbocycles. The summed E-state index contributed by atoms with van der Waals surface area (Å²) in [6, 6.07) is 14.6. The minimum absolute atomic E-state index is 0.00234. The van der Waals surface area contributed by atoms with E-state index in [9.17, 15) is 24.9 Å². The molecule has 1 aliphatic carbocycles. The van der Waals surface area contributed by atoms with Crippen molar-refractivity contribution in [1.82, 2.24) is 10.2 Å². The number of nitrogens with one attached hydrogen (secondary N) is 1. The number of aliphatic hydroxyl groups is 3. The van der Waals surface area contributed by atoms with E-state index in [-0.39, 0.29) is 56.2 Å². The highest BCUT2D eigenvalue weighted by Crippen LogP contribution is 2.38. The lowest BCUT2D eigenvalue weighted by molar-refractivity contribution is -0.118. The van der Waals surface area contributed by atoms with Crippen molar-refractivity contribution in [2.24, 2.45) is 0 Å². The largest absolute Gasteiger partial charge is 0.497 e. The fraction of sp³-hybridized carbons (Fsp3) is 0.351. The number of nitrogens with zero attached hydrogens (tertiary/aromatic N) is 1. The van der Waals surface area contributed by atoms with Crippen LogP contribution in [0.15, 0.2) is 70.7 Å². The number of para-hydroxylation sites is 1. The fourth-order valence-electron chi connectivity index (χ4n) is 6.07. The van der Waals surface area contributed by atoms with E-state index in [0.29, 0.717) is 43.1 Å². The van der Waals surface area contributed by atoms with Crippen molar-refractivity contribution in [3.8, 4) is 28.7 Å². The molecule has 4 N–H and O–H groups in total. The molecule has 14 heteroatoms. The molecule has 5 rings (SSSR count). The van der Waals surface area contributed by atoms with Crippen molar-refractivity contribution in [1.29, 1.82) is 0 Å². The van der Waals surface area contributed by atoms with Crippen LogP contribution in [0.5, 0.6) is 28.7 Å². The Morgan fingerprint density at radius 2 is 1.73 bits per heavy atom. The van der Waals surface area contributed by atoms with Gasteiger partial charge in [-0.3, -0.25) is 9.59 Å². The second kappa shape index (κ2) is 17.1. The van der Waals surface area contributed by atoms with Gasteiger partial charge in [-0.25, -0.2) is 0 Å². The van der Waals surface area contributed by atoms with Gasteiger partial charge in [0.15, 0.2) is 28.6 Å². The highest BCUT2D eigenvalue weighted by atomic mass is 127. The van der Waals surface area contributed by atoms with Crippen LogP contribution in [0.3, 0.4) is 0 Å². The Bertz CT molecular complexity index is 1890. The summed E-state index contributed by atoms with van der Waals surface area (Å²) in [7, 11) is 6.07. The van der Waals surface area contributed by atoms with Gasteiger partial charge in [-0.15, -0.1) is 0 Å². The summed E-state index contributed by atoms with van der Waals surface area (Å²) >= 11 is 2.05. The number of amides is 2. The van der Waals surface area contributed by atoms with Crippen LogP contribution in [0.4, 0.5) is 0 Å². The molecule has 0 unspecified atom stereocenters. The van der Waals surface area contributed by atoms with Gasteiger partial charge in [0.05, 0.1) is 51.3 Å². The topological polar surface area (TPSA) is 169 Å². The third kappa shape index (κ3) is 8.35. The first-order valence-corrected chi connectivity index (χ1v) is 17.2. The molecule has 0 aliphatic heterocycles. The third-order valence-corrected chi connectivity index (χ3v) is 9.45. The maximum Gasteiger partial charge on any atom is 0.289 e. The second-order valence-corrected chi connectivity index (χ2v) is 12.9. The standard InChI is InChI=1S/C37H41IN2O11/c1-46-25-8-9-28(47-2)22(16-25)10-12-40(37(45)32-18-23-6-5-7-29(48-3)34(23)51-32)27-17-24(36(44)39-11-13-41)19-30(33(27)43)50-35-26(38)14-21(20-42)15-31(35)49-4/h5-9,14-16,18-19,27,30,33,41-43H,10-13,17,20H2,1-4H3,(H,39,44)/t27-,30+,33+/m1/s1. The number of fused-ring (bicyclic) bond motifs is 1. The van der Waals surface area contributed by atoms with E-state index in [0.717, 1.165) is 5.56 Å². The Balaban J connectivity index is 1.59. The van der Waals surface area contributed by atoms with Crippen LogP contribution >= 0.6 is 22.6 Å². The van der Waals surface area contributed by atoms with Gasteiger partial charge in [-0.1, -0.05) is 12.1 Å². The number of hydrogen-bond donors (Lipinski definition) is 4. The van der Waals surface area contributed by atoms with Crippen molar-refractivity contribution >= 4 is 45.4 Å². The molecular weight excluding hydrogens is 775 g/mol. The Morgan fingerprint density at radius 1 is 0.961 bits per heavy atom. The molecule has 1 heterocycles. The number of methoxy groups -OCH3 is 4. The Kier molecular flexibility index (Phi) is 12.7. The zero-order valence-electron chi connectivity index (χ0n) is 28.7. The SMILES string of the molecule is COc1ccc(OC)c(CCN(C(=O)c2cc3cccc(OC)c3o2)[C@@H]2CC(C(=O)NCCO)=C[C@H](Oc3c(I)cc(CO)cc3OC)[C@H]2O)c1. The summed E-state index contributed by atoms with van der Waals surface area (Å²) in [5.41, 5.74) is 1.98. The first-order valence-electron chi connectivity index (χ1n) is 16.2. The van der Waals surface area contributed by atoms with E-state index in [4.69, 9.17) is 28.1 Å². The molecule has 3 aromatic carbocycles. The number of aliphatic hydroxyl groups excluding tert-OH is 3. The van der Waals surface area contributed by atoms with Crippen LogP contribution in [-0.2, 0) is 17.8 Å². The molecule has 0 radical (unpaired) electrons. The lowest BCUT2D eigenvalue weighted by atomic mass is 9.87. The van der Waals surface area contributed by atoms with Crippen molar-refractivity contribution in [2.75, 3.05) is 48.1 Å². The van der Waals surface area contributed by atoms with Gasteiger partial charge in [0.1, 0.15) is 23.7 Å². The summed E-state index contributed by atoms with van der Waals surface area (Å²) in [6.45, 7) is -0.427. The molecule has 13 nitrogen and oxygen atoms in total. The Labute approximate surface area is 308 Å². The van der Waals surface area contributed by atoms with Crippen molar-refractivity contribution in [3.05, 3.63) is 86.7 Å². The average Bonchev–Trinajstić information content (AvgIpc) is 3.60. The van der Waals surface area contributed by atoms with E-state index in [2.05, 4.69) is 5.32 Å². The zero-order valence-corrected chi connectivity index (χ0v) is 30.8. The summed E-state index contributed by atoms with van der Waals surface area (Å²) in [4.78, 5) is 29.5. The molecule has 0 spiro atoms. The Morgan fingerprint density at radius 3 is 2.41 bits per heavy atom. The van der Waals surface area contributed by atoms with E-state index in [1.165, 1.54) is 25.2 Å². The molecule has 0 fully saturated rings. The molecule has 4 aromatic rings. The molecule has 2 amide bonds. The number of rotatable bonds is 15. The molecular formula is C37H41IN2O11. The van der Waals surface area contributed by atoms with Gasteiger partial charge in [-0.05, 0) is 88.7 Å². The lowest BCUT2D eigenvalue weighted by Crippen LogP contribution is -2.55. The molecule has 0 saturated heterocycles. The van der Waals surface area contributed by atoms with Gasteiger partial charge in [-0.2, -0.15) is 0 Å². The minimum Gasteiger partial charge on any atom is -0.497 e. The number of carbonyl (C=O) groups excluding carboxylic acids is 2. The third-order valence-electron chi connectivity index (χ3n) is 8.65. The zero-order chi connectivity index (χ0) is 36.7. The number of ether oxygens (including phenoxy) is 5. The van der Waals surface area contributed by atoms with E-state index in [1.54, 1.807) is 62.8 Å². The second-order valence-electron chi connectivity index (χ2n) is 11.7. The summed E-state index contributed by atoms with van der Waals surface area (Å²) in [5, 5.41) is 34.5. The van der Waals surface area contributed by atoms with Crippen LogP contribution < -0.4 is 29.0 Å². The van der Waals surface area contributed by atoms with Gasteiger partial charge in [0, 0.05) is 30.5 Å². The van der Waals surface area contributed by atoms with Crippen LogP contribution in [-0.4, -0.2) is 98.4 Å². The molecule has 3 atom stereocenters. The maximum atomic E-state index is 14.6. The quantitative estimate of drug-likeness (QED) is 0.129. The lowest BCUT2D eigenvalue weighted by Gasteiger charge is -2.40. The van der Waals surface area contributed by atoms with Crippen LogP contribution in [0.1, 0.15) is 28.1 Å². The van der Waals surface area contributed by atoms with E-state index < -0.39 is 30.1 Å². The van der Waals surface area contributed by atoms with Crippen LogP contribution in [0.25, 0.3) is 11.0 Å². The van der Waals surface area contributed by atoms with Crippen LogP contribution in [0, 0.1) is 3.57 Å². The number of halogens is 1. The molecule has 1 aromatic heterocycles. The minimum atomic E-state index is -1.34. The first-order chi connectivity index (χ1) is 24.6. The normalized spacial score (nSPS) is 17.0. The molecule has 51 heavy (non-hydrogen) atoms. The van der Waals surface area contributed by atoms with Crippen molar-refractivity contribution in [2.45, 2.75) is 37.7 Å². The highest BCUT2D eigenvalue weighted by Gasteiger charge is 2.42. The van der Waals surface area contributed by atoms with Gasteiger partial charge in [0.25, 0.3) is 5.91 Å². The summed E-state index contributed by atoms with van der Waals surface area (Å²) in [5.74, 6) is 1.22.